The molecule has 0 radical (unpaired) electrons. The normalized spacial score (nSPS) is 10.8. The summed E-state index contributed by atoms with van der Waals surface area (Å²) in [7, 11) is 0. The number of rotatable bonds is 7. The van der Waals surface area contributed by atoms with Gasteiger partial charge in [0.05, 0.1) is 9.90 Å². The van der Waals surface area contributed by atoms with Gasteiger partial charge in [-0.2, -0.15) is 0 Å². The third kappa shape index (κ3) is 4.48. The van der Waals surface area contributed by atoms with Gasteiger partial charge in [-0.25, -0.2) is 0 Å². The number of halogens is 2. The number of nitrogens with one attached hydrogen (secondary N) is 1. The Balaban J connectivity index is 1.94. The van der Waals surface area contributed by atoms with Gasteiger partial charge in [-0.15, -0.1) is 11.3 Å². The van der Waals surface area contributed by atoms with Crippen LogP contribution < -0.4 is 10.1 Å². The van der Waals surface area contributed by atoms with E-state index in [1.165, 1.54) is 5.56 Å². The fourth-order valence-corrected chi connectivity index (χ4v) is 3.39. The summed E-state index contributed by atoms with van der Waals surface area (Å²) in [5.74, 6) is 0.728. The zero-order chi connectivity index (χ0) is 14.4. The average Bonchev–Trinajstić information content (AvgIpc) is 2.84. The van der Waals surface area contributed by atoms with Crippen molar-refractivity contribution >= 4 is 38.9 Å². The number of hydrogen-bond acceptors (Lipinski definition) is 3. The maximum atomic E-state index is 6.26. The molecule has 0 aliphatic heterocycles. The molecule has 5 heteroatoms. The minimum Gasteiger partial charge on any atom is -0.486 e. The first-order valence-corrected chi connectivity index (χ1v) is 8.59. The third-order valence-corrected chi connectivity index (χ3v) is 5.00. The van der Waals surface area contributed by atoms with Crippen LogP contribution in [-0.4, -0.2) is 6.54 Å². The standard InChI is InChI=1S/C15H17BrClNOS/c1-2-6-18-9-11-3-4-14(13(17)8-11)19-10-15-12(16)5-7-20-15/h3-5,7-8,18H,2,6,9-10H2,1H3. The smallest absolute Gasteiger partial charge is 0.138 e. The van der Waals surface area contributed by atoms with Crippen molar-refractivity contribution in [2.45, 2.75) is 26.5 Å². The lowest BCUT2D eigenvalue weighted by Crippen LogP contribution is -2.13. The first-order chi connectivity index (χ1) is 9.70. The summed E-state index contributed by atoms with van der Waals surface area (Å²) in [4.78, 5) is 1.16. The molecule has 0 aliphatic rings. The molecule has 108 valence electrons. The lowest BCUT2D eigenvalue weighted by molar-refractivity contribution is 0.309. The van der Waals surface area contributed by atoms with Crippen molar-refractivity contribution < 1.29 is 4.74 Å². The molecule has 0 fully saturated rings. The molecule has 1 N–H and O–H groups in total. The highest BCUT2D eigenvalue weighted by Gasteiger charge is 2.06. The molecule has 2 rings (SSSR count). The highest BCUT2D eigenvalue weighted by Crippen LogP contribution is 2.29. The van der Waals surface area contributed by atoms with Gasteiger partial charge in [-0.05, 0) is 58.0 Å². The molecule has 1 aromatic carbocycles. The van der Waals surface area contributed by atoms with Crippen molar-refractivity contribution in [2.24, 2.45) is 0 Å². The van der Waals surface area contributed by atoms with Gasteiger partial charge in [0, 0.05) is 11.0 Å². The van der Waals surface area contributed by atoms with Gasteiger partial charge in [-0.3, -0.25) is 0 Å². The number of benzene rings is 1. The van der Waals surface area contributed by atoms with Gasteiger partial charge in [0.2, 0.25) is 0 Å². The highest BCUT2D eigenvalue weighted by atomic mass is 79.9. The van der Waals surface area contributed by atoms with Gasteiger partial charge in [0.1, 0.15) is 12.4 Å². The molecule has 20 heavy (non-hydrogen) atoms. The quantitative estimate of drug-likeness (QED) is 0.669. The molecule has 1 heterocycles. The van der Waals surface area contributed by atoms with Crippen LogP contribution >= 0.6 is 38.9 Å². The Morgan fingerprint density at radius 2 is 2.20 bits per heavy atom. The van der Waals surface area contributed by atoms with Gasteiger partial charge in [0.25, 0.3) is 0 Å². The monoisotopic (exact) mass is 373 g/mol. The van der Waals surface area contributed by atoms with E-state index in [0.717, 1.165) is 34.6 Å². The highest BCUT2D eigenvalue weighted by molar-refractivity contribution is 9.10. The lowest BCUT2D eigenvalue weighted by Gasteiger charge is -2.09. The Morgan fingerprint density at radius 1 is 1.35 bits per heavy atom. The minimum atomic E-state index is 0.533. The van der Waals surface area contributed by atoms with Crippen molar-refractivity contribution in [1.82, 2.24) is 5.32 Å². The Hall–Kier alpha value is -0.550. The second-order valence-corrected chi connectivity index (χ2v) is 6.68. The van der Waals surface area contributed by atoms with Crippen molar-refractivity contribution in [3.8, 4) is 5.75 Å². The van der Waals surface area contributed by atoms with E-state index in [-0.39, 0.29) is 0 Å². The van der Waals surface area contributed by atoms with E-state index in [9.17, 15) is 0 Å². The topological polar surface area (TPSA) is 21.3 Å². The summed E-state index contributed by atoms with van der Waals surface area (Å²) >= 11 is 11.4. The predicted molar refractivity (Wildman–Crippen MR) is 89.8 cm³/mol. The van der Waals surface area contributed by atoms with Crippen LogP contribution in [0.3, 0.4) is 0 Å². The first-order valence-electron chi connectivity index (χ1n) is 6.54. The van der Waals surface area contributed by atoms with E-state index in [0.29, 0.717) is 11.6 Å². The van der Waals surface area contributed by atoms with Crippen molar-refractivity contribution in [3.05, 3.63) is 49.6 Å². The average molecular weight is 375 g/mol. The number of hydrogen-bond donors (Lipinski definition) is 1. The summed E-state index contributed by atoms with van der Waals surface area (Å²) < 4.78 is 6.85. The Morgan fingerprint density at radius 3 is 2.85 bits per heavy atom. The fraction of sp³-hybridized carbons (Fsp3) is 0.333. The molecule has 0 saturated carbocycles. The van der Waals surface area contributed by atoms with Crippen molar-refractivity contribution in [2.75, 3.05) is 6.54 Å². The maximum Gasteiger partial charge on any atom is 0.138 e. The Bertz CT molecular complexity index is 559. The number of thiophene rings is 1. The van der Waals surface area contributed by atoms with Gasteiger partial charge < -0.3 is 10.1 Å². The molecule has 0 saturated heterocycles. The third-order valence-electron chi connectivity index (χ3n) is 2.80. The van der Waals surface area contributed by atoms with E-state index in [1.54, 1.807) is 11.3 Å². The van der Waals surface area contributed by atoms with E-state index in [4.69, 9.17) is 16.3 Å². The van der Waals surface area contributed by atoms with Crippen LogP contribution in [-0.2, 0) is 13.2 Å². The maximum absolute atomic E-state index is 6.26. The van der Waals surface area contributed by atoms with Crippen LogP contribution in [0.25, 0.3) is 0 Å². The van der Waals surface area contributed by atoms with E-state index < -0.39 is 0 Å². The fourth-order valence-electron chi connectivity index (χ4n) is 1.75. The van der Waals surface area contributed by atoms with Crippen LogP contribution in [0.15, 0.2) is 34.1 Å². The molecule has 0 aliphatic carbocycles. The summed E-state index contributed by atoms with van der Waals surface area (Å²) in [6.45, 7) is 4.54. The van der Waals surface area contributed by atoms with E-state index in [1.807, 2.05) is 29.6 Å². The van der Waals surface area contributed by atoms with E-state index in [2.05, 4.69) is 28.2 Å². The first kappa shape index (κ1) is 15.8. The molecule has 0 spiro atoms. The van der Waals surface area contributed by atoms with Gasteiger partial charge in [0.15, 0.2) is 0 Å². The molecule has 1 aromatic heterocycles. The predicted octanol–water partition coefficient (Wildman–Crippen LogP) is 5.24. The zero-order valence-electron chi connectivity index (χ0n) is 11.3. The van der Waals surface area contributed by atoms with Crippen LogP contribution in [0.4, 0.5) is 0 Å². The summed E-state index contributed by atoms with van der Waals surface area (Å²) in [6.07, 6.45) is 1.13. The number of ether oxygens (including phenoxy) is 1. The Kier molecular flexibility index (Phi) is 6.36. The lowest BCUT2D eigenvalue weighted by atomic mass is 10.2. The summed E-state index contributed by atoms with van der Waals surface area (Å²) in [6, 6.07) is 7.97. The minimum absolute atomic E-state index is 0.533. The zero-order valence-corrected chi connectivity index (χ0v) is 14.4. The largest absolute Gasteiger partial charge is 0.486 e. The molecule has 2 nitrogen and oxygen atoms in total. The molecule has 0 atom stereocenters. The molecular weight excluding hydrogens is 358 g/mol. The second kappa shape index (κ2) is 8.03. The summed E-state index contributed by atoms with van der Waals surface area (Å²) in [5.41, 5.74) is 1.17. The van der Waals surface area contributed by atoms with Gasteiger partial charge >= 0.3 is 0 Å². The van der Waals surface area contributed by atoms with Crippen LogP contribution in [0.2, 0.25) is 5.02 Å². The Labute approximate surface area is 137 Å². The molecule has 0 bridgehead atoms. The SMILES string of the molecule is CCCNCc1ccc(OCc2sccc2Br)c(Cl)c1. The van der Waals surface area contributed by atoms with Crippen molar-refractivity contribution in [3.63, 3.8) is 0 Å². The van der Waals surface area contributed by atoms with Gasteiger partial charge in [-0.1, -0.05) is 24.6 Å². The molecule has 2 aromatic rings. The molecule has 0 amide bonds. The van der Waals surface area contributed by atoms with E-state index >= 15 is 0 Å². The second-order valence-electron chi connectivity index (χ2n) is 4.42. The molecule has 0 unspecified atom stereocenters. The van der Waals surface area contributed by atoms with Crippen molar-refractivity contribution in [1.29, 1.82) is 0 Å². The van der Waals surface area contributed by atoms with Crippen LogP contribution in [0.1, 0.15) is 23.8 Å². The molecular formula is C15H17BrClNOS. The summed E-state index contributed by atoms with van der Waals surface area (Å²) in [5, 5.41) is 6.05. The van der Waals surface area contributed by atoms with Crippen LogP contribution in [0, 0.1) is 0 Å². The van der Waals surface area contributed by atoms with Crippen LogP contribution in [0.5, 0.6) is 5.75 Å².